The van der Waals surface area contributed by atoms with E-state index in [2.05, 4.69) is 10.3 Å². The van der Waals surface area contributed by atoms with E-state index in [1.165, 1.54) is 7.11 Å². The number of carbonyl (C=O) groups excluding carboxylic acids is 1. The zero-order valence-corrected chi connectivity index (χ0v) is 14.7. The molecule has 1 aromatic heterocycles. The lowest BCUT2D eigenvalue weighted by molar-refractivity contribution is -0.142. The SMILES string of the molecule is COc1ccc2ncn(C)c2c1CNC(=O)c1cc(F)c(C(F)(F)F)c(F)c1. The van der Waals surface area contributed by atoms with Crippen molar-refractivity contribution in [2.45, 2.75) is 12.7 Å². The molecule has 10 heteroatoms. The number of hydrogen-bond donors (Lipinski definition) is 1. The minimum Gasteiger partial charge on any atom is -0.496 e. The molecule has 1 heterocycles. The van der Waals surface area contributed by atoms with Crippen LogP contribution in [0, 0.1) is 11.6 Å². The molecule has 0 spiro atoms. The van der Waals surface area contributed by atoms with E-state index in [4.69, 9.17) is 4.74 Å². The molecule has 28 heavy (non-hydrogen) atoms. The maximum atomic E-state index is 13.7. The Labute approximate surface area is 155 Å². The number of imidazole rings is 1. The first-order valence-electron chi connectivity index (χ1n) is 7.94. The molecule has 0 aliphatic rings. The molecule has 0 fully saturated rings. The fourth-order valence-corrected chi connectivity index (χ4v) is 2.92. The van der Waals surface area contributed by atoms with Gasteiger partial charge < -0.3 is 14.6 Å². The second-order valence-electron chi connectivity index (χ2n) is 5.96. The predicted molar refractivity (Wildman–Crippen MR) is 89.8 cm³/mol. The number of rotatable bonds is 4. The Hall–Kier alpha value is -3.17. The van der Waals surface area contributed by atoms with Crippen molar-refractivity contribution in [1.29, 1.82) is 0 Å². The van der Waals surface area contributed by atoms with Crippen LogP contribution in [0.3, 0.4) is 0 Å². The third kappa shape index (κ3) is 3.49. The maximum Gasteiger partial charge on any atom is 0.422 e. The number of benzene rings is 2. The lowest BCUT2D eigenvalue weighted by Gasteiger charge is -2.13. The lowest BCUT2D eigenvalue weighted by Crippen LogP contribution is -2.24. The van der Waals surface area contributed by atoms with Crippen LogP contribution in [0.25, 0.3) is 11.0 Å². The molecule has 148 valence electrons. The highest BCUT2D eigenvalue weighted by molar-refractivity contribution is 5.94. The standard InChI is InChI=1S/C18H14F5N3O2/c1-26-8-25-13-3-4-14(28-2)10(16(13)26)7-24-17(27)9-5-11(19)15(12(20)6-9)18(21,22)23/h3-6,8H,7H2,1-2H3,(H,24,27). The Morgan fingerprint density at radius 3 is 2.43 bits per heavy atom. The quantitative estimate of drug-likeness (QED) is 0.679. The number of fused-ring (bicyclic) bond motifs is 1. The van der Waals surface area contributed by atoms with Gasteiger partial charge in [0.15, 0.2) is 0 Å². The normalized spacial score (nSPS) is 11.7. The fourth-order valence-electron chi connectivity index (χ4n) is 2.92. The van der Waals surface area contributed by atoms with E-state index < -0.39 is 34.8 Å². The number of hydrogen-bond acceptors (Lipinski definition) is 3. The molecular formula is C18H14F5N3O2. The van der Waals surface area contributed by atoms with Crippen LogP contribution < -0.4 is 10.1 Å². The third-order valence-electron chi connectivity index (χ3n) is 4.17. The Balaban J connectivity index is 1.90. The Bertz CT molecular complexity index is 1040. The summed E-state index contributed by atoms with van der Waals surface area (Å²) in [5, 5.41) is 2.44. The van der Waals surface area contributed by atoms with Gasteiger partial charge in [-0.05, 0) is 24.3 Å². The van der Waals surface area contributed by atoms with Crippen LogP contribution in [-0.4, -0.2) is 22.6 Å². The highest BCUT2D eigenvalue weighted by Gasteiger charge is 2.38. The first kappa shape index (κ1) is 19.6. The van der Waals surface area contributed by atoms with Crippen LogP contribution in [0.15, 0.2) is 30.6 Å². The average Bonchev–Trinajstić information content (AvgIpc) is 2.98. The summed E-state index contributed by atoms with van der Waals surface area (Å²) >= 11 is 0. The summed E-state index contributed by atoms with van der Waals surface area (Å²) in [5.74, 6) is -4.21. The number of methoxy groups -OCH3 is 1. The molecule has 1 N–H and O–H groups in total. The molecule has 0 unspecified atom stereocenters. The molecule has 0 saturated carbocycles. The number of nitrogens with one attached hydrogen (secondary N) is 1. The van der Waals surface area contributed by atoms with Crippen molar-refractivity contribution in [3.63, 3.8) is 0 Å². The Morgan fingerprint density at radius 1 is 1.21 bits per heavy atom. The number of halogens is 5. The van der Waals surface area contributed by atoms with Crippen LogP contribution in [0.5, 0.6) is 5.75 Å². The van der Waals surface area contributed by atoms with E-state index in [1.54, 1.807) is 30.1 Å². The highest BCUT2D eigenvalue weighted by atomic mass is 19.4. The van der Waals surface area contributed by atoms with Gasteiger partial charge in [0.1, 0.15) is 22.9 Å². The molecule has 3 rings (SSSR count). The van der Waals surface area contributed by atoms with Crippen LogP contribution in [0.4, 0.5) is 22.0 Å². The van der Waals surface area contributed by atoms with Crippen molar-refractivity contribution >= 4 is 16.9 Å². The van der Waals surface area contributed by atoms with Crippen molar-refractivity contribution in [2.24, 2.45) is 7.05 Å². The van der Waals surface area contributed by atoms with E-state index in [0.717, 1.165) is 0 Å². The Kier molecular flexibility index (Phi) is 4.97. The van der Waals surface area contributed by atoms with E-state index >= 15 is 0 Å². The number of alkyl halides is 3. The first-order valence-corrected chi connectivity index (χ1v) is 7.94. The molecule has 1 amide bonds. The Morgan fingerprint density at radius 2 is 1.86 bits per heavy atom. The summed E-state index contributed by atoms with van der Waals surface area (Å²) in [6.07, 6.45) is -3.64. The topological polar surface area (TPSA) is 56.1 Å². The summed E-state index contributed by atoms with van der Waals surface area (Å²) in [6.45, 7) is -0.0941. The van der Waals surface area contributed by atoms with Gasteiger partial charge in [0.05, 0.1) is 24.5 Å². The van der Waals surface area contributed by atoms with Crippen molar-refractivity contribution in [1.82, 2.24) is 14.9 Å². The van der Waals surface area contributed by atoms with Crippen molar-refractivity contribution in [2.75, 3.05) is 7.11 Å². The molecule has 0 aliphatic heterocycles. The molecule has 0 bridgehead atoms. The molecule has 2 aromatic carbocycles. The molecule has 0 aliphatic carbocycles. The van der Waals surface area contributed by atoms with Gasteiger partial charge in [0, 0.05) is 24.7 Å². The van der Waals surface area contributed by atoms with Crippen molar-refractivity contribution in [3.8, 4) is 5.75 Å². The number of amides is 1. The monoisotopic (exact) mass is 399 g/mol. The zero-order chi connectivity index (χ0) is 20.6. The van der Waals surface area contributed by atoms with E-state index in [0.29, 0.717) is 34.5 Å². The first-order chi connectivity index (χ1) is 13.1. The van der Waals surface area contributed by atoms with Crippen molar-refractivity contribution < 1.29 is 31.5 Å². The van der Waals surface area contributed by atoms with E-state index in [-0.39, 0.29) is 6.54 Å². The van der Waals surface area contributed by atoms with Crippen LogP contribution in [-0.2, 0) is 19.8 Å². The summed E-state index contributed by atoms with van der Waals surface area (Å²) < 4.78 is 72.3. The zero-order valence-electron chi connectivity index (χ0n) is 14.7. The summed E-state index contributed by atoms with van der Waals surface area (Å²) in [7, 11) is 3.17. The summed E-state index contributed by atoms with van der Waals surface area (Å²) in [6, 6.07) is 4.07. The van der Waals surface area contributed by atoms with E-state index in [9.17, 15) is 26.7 Å². The highest BCUT2D eigenvalue weighted by Crippen LogP contribution is 2.34. The molecule has 3 aromatic rings. The van der Waals surface area contributed by atoms with Crippen LogP contribution in [0.2, 0.25) is 0 Å². The van der Waals surface area contributed by atoms with Crippen LogP contribution >= 0.6 is 0 Å². The third-order valence-corrected chi connectivity index (χ3v) is 4.17. The predicted octanol–water partition coefficient (Wildman–Crippen LogP) is 3.81. The largest absolute Gasteiger partial charge is 0.496 e. The maximum absolute atomic E-state index is 13.7. The average molecular weight is 399 g/mol. The summed E-state index contributed by atoms with van der Waals surface area (Å²) in [5.41, 5.74) is -0.741. The van der Waals surface area contributed by atoms with Gasteiger partial charge in [-0.15, -0.1) is 0 Å². The fraction of sp³-hybridized carbons (Fsp3) is 0.222. The van der Waals surface area contributed by atoms with Gasteiger partial charge in [0.2, 0.25) is 0 Å². The number of carbonyl (C=O) groups is 1. The second-order valence-corrected chi connectivity index (χ2v) is 5.96. The molecule has 5 nitrogen and oxygen atoms in total. The summed E-state index contributed by atoms with van der Waals surface area (Å²) in [4.78, 5) is 16.4. The van der Waals surface area contributed by atoms with Gasteiger partial charge in [-0.3, -0.25) is 4.79 Å². The lowest BCUT2D eigenvalue weighted by atomic mass is 10.1. The van der Waals surface area contributed by atoms with Gasteiger partial charge >= 0.3 is 6.18 Å². The van der Waals surface area contributed by atoms with Gasteiger partial charge in [-0.1, -0.05) is 0 Å². The second kappa shape index (κ2) is 7.10. The smallest absolute Gasteiger partial charge is 0.422 e. The van der Waals surface area contributed by atoms with Crippen LogP contribution in [0.1, 0.15) is 21.5 Å². The molecule has 0 radical (unpaired) electrons. The minimum absolute atomic E-state index is 0.0941. The van der Waals surface area contributed by atoms with Gasteiger partial charge in [-0.25, -0.2) is 13.8 Å². The number of aryl methyl sites for hydroxylation is 1. The van der Waals surface area contributed by atoms with E-state index in [1.807, 2.05) is 0 Å². The van der Waals surface area contributed by atoms with Gasteiger partial charge in [0.25, 0.3) is 5.91 Å². The molecule has 0 atom stereocenters. The minimum atomic E-state index is -5.20. The number of aromatic nitrogens is 2. The van der Waals surface area contributed by atoms with Crippen molar-refractivity contribution in [3.05, 3.63) is 58.9 Å². The number of nitrogens with zero attached hydrogens (tertiary/aromatic N) is 2. The number of ether oxygens (including phenoxy) is 1. The molecular weight excluding hydrogens is 385 g/mol. The molecule has 0 saturated heterocycles. The van der Waals surface area contributed by atoms with Gasteiger partial charge in [-0.2, -0.15) is 13.2 Å².